The molecule has 6 nitrogen and oxygen atoms in total. The number of carbonyl (C=O) groups excluding carboxylic acids is 1. The highest BCUT2D eigenvalue weighted by atomic mass is 32.2. The predicted octanol–water partition coefficient (Wildman–Crippen LogP) is 3.01. The Morgan fingerprint density at radius 1 is 0.903 bits per heavy atom. The van der Waals surface area contributed by atoms with Crippen LogP contribution in [0.15, 0.2) is 54.6 Å². The molecule has 31 heavy (non-hydrogen) atoms. The third-order valence-corrected chi connectivity index (χ3v) is 8.09. The average Bonchev–Trinajstić information content (AvgIpc) is 3.25. The number of aryl methyl sites for hydroxylation is 1. The van der Waals surface area contributed by atoms with Crippen molar-refractivity contribution in [2.45, 2.75) is 25.0 Å². The van der Waals surface area contributed by atoms with Crippen LogP contribution < -0.4 is 0 Å². The van der Waals surface area contributed by atoms with E-state index in [1.807, 2.05) is 54.6 Å². The highest BCUT2D eigenvalue weighted by molar-refractivity contribution is 7.88. The van der Waals surface area contributed by atoms with Crippen LogP contribution in [0.5, 0.6) is 0 Å². The standard InChI is InChI=1S/C24H25N3O3S/c28-24(23-19-9-4-5-11-21(19)25-22-12-6-10-20(22)23)26-13-15-27(16-14-26)31(29,30)17-18-7-2-1-3-8-18/h1-5,7-9,11H,6,10,12-17H2. The molecule has 1 amide bonds. The van der Waals surface area contributed by atoms with Crippen molar-refractivity contribution in [3.05, 3.63) is 77.0 Å². The number of nitrogens with zero attached hydrogens (tertiary/aromatic N) is 3. The van der Waals surface area contributed by atoms with Crippen LogP contribution in [0.2, 0.25) is 0 Å². The molecule has 1 aliphatic carbocycles. The maximum Gasteiger partial charge on any atom is 0.254 e. The highest BCUT2D eigenvalue weighted by Gasteiger charge is 2.32. The van der Waals surface area contributed by atoms with Crippen LogP contribution in [0.25, 0.3) is 10.9 Å². The number of benzene rings is 2. The van der Waals surface area contributed by atoms with Gasteiger partial charge in [-0.1, -0.05) is 48.5 Å². The average molecular weight is 436 g/mol. The lowest BCUT2D eigenvalue weighted by Gasteiger charge is -2.34. The molecule has 1 saturated heterocycles. The van der Waals surface area contributed by atoms with Gasteiger partial charge in [0, 0.05) is 37.3 Å². The summed E-state index contributed by atoms with van der Waals surface area (Å²) in [5.41, 5.74) is 4.50. The molecule has 0 spiro atoms. The van der Waals surface area contributed by atoms with E-state index < -0.39 is 10.0 Å². The molecule has 0 saturated carbocycles. The van der Waals surface area contributed by atoms with Gasteiger partial charge in [0.1, 0.15) is 0 Å². The molecular formula is C24H25N3O3S. The van der Waals surface area contributed by atoms with Gasteiger partial charge in [0.05, 0.1) is 16.8 Å². The van der Waals surface area contributed by atoms with Crippen LogP contribution in [0.1, 0.15) is 33.6 Å². The second-order valence-corrected chi connectivity index (χ2v) is 10.2. The molecule has 0 bridgehead atoms. The normalized spacial score (nSPS) is 17.1. The number of para-hydroxylation sites is 1. The number of fused-ring (bicyclic) bond motifs is 2. The molecule has 1 fully saturated rings. The molecule has 0 unspecified atom stereocenters. The van der Waals surface area contributed by atoms with Gasteiger partial charge in [0.15, 0.2) is 0 Å². The van der Waals surface area contributed by atoms with E-state index in [0.717, 1.165) is 52.5 Å². The van der Waals surface area contributed by atoms with Gasteiger partial charge in [-0.25, -0.2) is 8.42 Å². The van der Waals surface area contributed by atoms with E-state index in [9.17, 15) is 13.2 Å². The Morgan fingerprint density at radius 2 is 1.61 bits per heavy atom. The Morgan fingerprint density at radius 3 is 2.39 bits per heavy atom. The number of sulfonamides is 1. The number of carbonyl (C=O) groups is 1. The van der Waals surface area contributed by atoms with Crippen LogP contribution in [0.4, 0.5) is 0 Å². The van der Waals surface area contributed by atoms with Gasteiger partial charge in [0.25, 0.3) is 5.91 Å². The van der Waals surface area contributed by atoms with Crippen LogP contribution in [0.3, 0.4) is 0 Å². The zero-order valence-corrected chi connectivity index (χ0v) is 18.1. The minimum Gasteiger partial charge on any atom is -0.336 e. The zero-order valence-electron chi connectivity index (χ0n) is 17.3. The number of hydrogen-bond donors (Lipinski definition) is 0. The number of aromatic nitrogens is 1. The van der Waals surface area contributed by atoms with Gasteiger partial charge < -0.3 is 4.90 Å². The summed E-state index contributed by atoms with van der Waals surface area (Å²) in [6.07, 6.45) is 2.80. The lowest BCUT2D eigenvalue weighted by Crippen LogP contribution is -2.50. The summed E-state index contributed by atoms with van der Waals surface area (Å²) in [7, 11) is -3.41. The first-order chi connectivity index (χ1) is 15.0. The van der Waals surface area contributed by atoms with Crippen molar-refractivity contribution in [1.82, 2.24) is 14.2 Å². The summed E-state index contributed by atoms with van der Waals surface area (Å²) in [6.45, 7) is 1.45. The molecule has 0 radical (unpaired) electrons. The van der Waals surface area contributed by atoms with E-state index in [0.29, 0.717) is 26.2 Å². The van der Waals surface area contributed by atoms with Crippen molar-refractivity contribution >= 4 is 26.8 Å². The first-order valence-corrected chi connectivity index (χ1v) is 12.4. The summed E-state index contributed by atoms with van der Waals surface area (Å²) < 4.78 is 27.2. The van der Waals surface area contributed by atoms with Crippen LogP contribution >= 0.6 is 0 Å². The van der Waals surface area contributed by atoms with E-state index in [-0.39, 0.29) is 11.7 Å². The largest absolute Gasteiger partial charge is 0.336 e. The fourth-order valence-corrected chi connectivity index (χ4v) is 6.17. The van der Waals surface area contributed by atoms with E-state index in [2.05, 4.69) is 0 Å². The Labute approximate surface area is 182 Å². The Hall–Kier alpha value is -2.77. The summed E-state index contributed by atoms with van der Waals surface area (Å²) in [4.78, 5) is 20.1. The maximum absolute atomic E-state index is 13.6. The number of rotatable bonds is 4. The first kappa shape index (κ1) is 20.2. The summed E-state index contributed by atoms with van der Waals surface area (Å²) in [5.74, 6) is -0.0125. The maximum atomic E-state index is 13.6. The second-order valence-electron chi connectivity index (χ2n) is 8.22. The molecule has 5 rings (SSSR count). The number of amides is 1. The molecule has 0 N–H and O–H groups in total. The molecule has 2 aliphatic rings. The van der Waals surface area contributed by atoms with E-state index in [1.54, 1.807) is 4.90 Å². The summed E-state index contributed by atoms with van der Waals surface area (Å²) >= 11 is 0. The van der Waals surface area contributed by atoms with Gasteiger partial charge in [0.2, 0.25) is 10.0 Å². The highest BCUT2D eigenvalue weighted by Crippen LogP contribution is 2.31. The van der Waals surface area contributed by atoms with Crippen molar-refractivity contribution in [2.24, 2.45) is 0 Å². The lowest BCUT2D eigenvalue weighted by atomic mass is 10.00. The molecule has 0 atom stereocenters. The molecule has 1 aliphatic heterocycles. The Kier molecular flexibility index (Phi) is 5.24. The molecule has 2 heterocycles. The predicted molar refractivity (Wildman–Crippen MR) is 120 cm³/mol. The smallest absolute Gasteiger partial charge is 0.254 e. The minimum atomic E-state index is -3.41. The SMILES string of the molecule is O=C(c1c2c(nc3ccccc13)CCC2)N1CCN(S(=O)(=O)Cc2ccccc2)CC1. The van der Waals surface area contributed by atoms with Crippen LogP contribution in [-0.4, -0.2) is 54.7 Å². The third-order valence-electron chi connectivity index (χ3n) is 6.24. The second kappa shape index (κ2) is 8.05. The molecule has 7 heteroatoms. The van der Waals surface area contributed by atoms with Crippen LogP contribution in [-0.2, 0) is 28.6 Å². The van der Waals surface area contributed by atoms with E-state index in [1.165, 1.54) is 4.31 Å². The number of piperazine rings is 1. The van der Waals surface area contributed by atoms with E-state index in [4.69, 9.17) is 4.98 Å². The zero-order chi connectivity index (χ0) is 21.4. The molecule has 1 aromatic heterocycles. The van der Waals surface area contributed by atoms with E-state index >= 15 is 0 Å². The van der Waals surface area contributed by atoms with Crippen molar-refractivity contribution in [2.75, 3.05) is 26.2 Å². The van der Waals surface area contributed by atoms with Crippen molar-refractivity contribution < 1.29 is 13.2 Å². The van der Waals surface area contributed by atoms with Gasteiger partial charge >= 0.3 is 0 Å². The molecular weight excluding hydrogens is 410 g/mol. The van der Waals surface area contributed by atoms with Crippen molar-refractivity contribution in [3.63, 3.8) is 0 Å². The fraction of sp³-hybridized carbons (Fsp3) is 0.333. The topological polar surface area (TPSA) is 70.6 Å². The van der Waals surface area contributed by atoms with Gasteiger partial charge in [-0.05, 0) is 36.5 Å². The lowest BCUT2D eigenvalue weighted by molar-refractivity contribution is 0.0698. The van der Waals surface area contributed by atoms with Gasteiger partial charge in [-0.15, -0.1) is 0 Å². The fourth-order valence-electron chi connectivity index (χ4n) is 4.66. The molecule has 3 aromatic rings. The molecule has 160 valence electrons. The first-order valence-electron chi connectivity index (χ1n) is 10.7. The minimum absolute atomic E-state index is 0.00291. The third kappa shape index (κ3) is 3.83. The molecule has 2 aromatic carbocycles. The Bertz CT molecular complexity index is 1230. The van der Waals surface area contributed by atoms with Gasteiger partial charge in [-0.2, -0.15) is 4.31 Å². The van der Waals surface area contributed by atoms with Gasteiger partial charge in [-0.3, -0.25) is 9.78 Å². The summed E-state index contributed by atoms with van der Waals surface area (Å²) in [5, 5.41) is 0.896. The summed E-state index contributed by atoms with van der Waals surface area (Å²) in [6, 6.07) is 17.0. The number of hydrogen-bond acceptors (Lipinski definition) is 4. The monoisotopic (exact) mass is 435 g/mol. The van der Waals surface area contributed by atoms with Crippen LogP contribution in [0, 0.1) is 0 Å². The van der Waals surface area contributed by atoms with Crippen molar-refractivity contribution in [3.8, 4) is 0 Å². The Balaban J connectivity index is 1.36. The quantitative estimate of drug-likeness (QED) is 0.632. The number of pyridine rings is 1. The van der Waals surface area contributed by atoms with Crippen molar-refractivity contribution in [1.29, 1.82) is 0 Å².